The van der Waals surface area contributed by atoms with Gasteiger partial charge in [0.2, 0.25) is 5.91 Å². The largest absolute Gasteiger partial charge is 0.481 e. The number of anilines is 1. The van der Waals surface area contributed by atoms with Gasteiger partial charge in [-0.25, -0.2) is 0 Å². The second-order valence-corrected chi connectivity index (χ2v) is 4.67. The van der Waals surface area contributed by atoms with Crippen LogP contribution in [-0.2, 0) is 9.59 Å². The van der Waals surface area contributed by atoms with Crippen LogP contribution in [-0.4, -0.2) is 29.9 Å². The number of amides is 2. The number of aliphatic carboxylic acids is 1. The van der Waals surface area contributed by atoms with Crippen molar-refractivity contribution in [1.82, 2.24) is 5.32 Å². The minimum Gasteiger partial charge on any atom is -0.481 e. The Morgan fingerprint density at radius 1 is 1.21 bits per heavy atom. The minimum atomic E-state index is -1.03. The van der Waals surface area contributed by atoms with E-state index in [1.54, 1.807) is 12.1 Å². The van der Waals surface area contributed by atoms with E-state index in [1.165, 1.54) is 13.1 Å². The Kier molecular flexibility index (Phi) is 5.50. The Morgan fingerprint density at radius 2 is 1.89 bits per heavy atom. The predicted octanol–water partition coefficient (Wildman–Crippen LogP) is 1.61. The summed E-state index contributed by atoms with van der Waals surface area (Å²) in [5.41, 5.74) is 0.828. The quantitative estimate of drug-likeness (QED) is 0.765. The third-order valence-electron chi connectivity index (χ3n) is 2.24. The van der Waals surface area contributed by atoms with Crippen LogP contribution < -0.4 is 10.6 Å². The number of carboxylic acids is 1. The first kappa shape index (κ1) is 15.2. The van der Waals surface area contributed by atoms with E-state index in [9.17, 15) is 14.4 Å². The highest BCUT2D eigenvalue weighted by Gasteiger charge is 2.09. The molecule has 0 aliphatic rings. The Morgan fingerprint density at radius 3 is 2.47 bits per heavy atom. The average Bonchev–Trinajstić information content (AvgIpc) is 2.34. The van der Waals surface area contributed by atoms with E-state index in [1.807, 2.05) is 0 Å². The normalized spacial score (nSPS) is 9.79. The monoisotopic (exact) mass is 328 g/mol. The smallest absolute Gasteiger partial charge is 0.303 e. The standard InChI is InChI=1S/C12H13BrN2O4/c1-14-12(19)7-4-8(13)6-9(5-7)15-10(16)2-3-11(17)18/h4-6H,2-3H2,1H3,(H,14,19)(H,15,16)(H,17,18). The van der Waals surface area contributed by atoms with Gasteiger partial charge in [-0.3, -0.25) is 14.4 Å². The second-order valence-electron chi connectivity index (χ2n) is 3.75. The Bertz CT molecular complexity index is 516. The topological polar surface area (TPSA) is 95.5 Å². The van der Waals surface area contributed by atoms with Crippen molar-refractivity contribution in [1.29, 1.82) is 0 Å². The molecule has 6 nitrogen and oxygen atoms in total. The first-order valence-electron chi connectivity index (χ1n) is 5.46. The third-order valence-corrected chi connectivity index (χ3v) is 2.69. The molecule has 0 aliphatic heterocycles. The van der Waals surface area contributed by atoms with E-state index in [2.05, 4.69) is 26.6 Å². The molecule has 0 saturated heterocycles. The molecule has 1 rings (SSSR count). The van der Waals surface area contributed by atoms with Gasteiger partial charge in [-0.15, -0.1) is 0 Å². The Labute approximate surface area is 118 Å². The van der Waals surface area contributed by atoms with Gasteiger partial charge in [0.1, 0.15) is 0 Å². The molecule has 0 spiro atoms. The Hall–Kier alpha value is -1.89. The summed E-state index contributed by atoms with van der Waals surface area (Å²) in [6, 6.07) is 4.76. The molecule has 0 radical (unpaired) electrons. The van der Waals surface area contributed by atoms with E-state index in [0.29, 0.717) is 15.7 Å². The van der Waals surface area contributed by atoms with Crippen LogP contribution in [0.5, 0.6) is 0 Å². The number of carbonyl (C=O) groups is 3. The van der Waals surface area contributed by atoms with Crippen LogP contribution in [0.4, 0.5) is 5.69 Å². The number of hydrogen-bond donors (Lipinski definition) is 3. The summed E-state index contributed by atoms with van der Waals surface area (Å²) in [5.74, 6) is -1.72. The molecule has 0 atom stereocenters. The molecule has 0 saturated carbocycles. The van der Waals surface area contributed by atoms with Crippen LogP contribution in [0.2, 0.25) is 0 Å². The number of benzene rings is 1. The second kappa shape index (κ2) is 6.89. The number of hydrogen-bond acceptors (Lipinski definition) is 3. The highest BCUT2D eigenvalue weighted by Crippen LogP contribution is 2.20. The van der Waals surface area contributed by atoms with E-state index in [-0.39, 0.29) is 18.7 Å². The van der Waals surface area contributed by atoms with Crippen LogP contribution in [0.1, 0.15) is 23.2 Å². The molecule has 2 amide bonds. The summed E-state index contributed by atoms with van der Waals surface area (Å²) >= 11 is 3.24. The third kappa shape index (κ3) is 5.09. The molecule has 3 N–H and O–H groups in total. The molecule has 7 heteroatoms. The van der Waals surface area contributed by atoms with Crippen LogP contribution >= 0.6 is 15.9 Å². The van der Waals surface area contributed by atoms with Crippen molar-refractivity contribution in [2.24, 2.45) is 0 Å². The number of nitrogens with one attached hydrogen (secondary N) is 2. The predicted molar refractivity (Wildman–Crippen MR) is 73.0 cm³/mol. The van der Waals surface area contributed by atoms with Crippen molar-refractivity contribution in [3.63, 3.8) is 0 Å². The number of carboxylic acid groups (broad SMARTS) is 1. The van der Waals surface area contributed by atoms with Crippen molar-refractivity contribution in [3.05, 3.63) is 28.2 Å². The van der Waals surface area contributed by atoms with Crippen LogP contribution in [0, 0.1) is 0 Å². The fraction of sp³-hybridized carbons (Fsp3) is 0.250. The van der Waals surface area contributed by atoms with Crippen LogP contribution in [0.25, 0.3) is 0 Å². The number of halogens is 1. The molecule has 1 aromatic rings. The maximum atomic E-state index is 11.5. The molecule has 0 aliphatic carbocycles. The van der Waals surface area contributed by atoms with Gasteiger partial charge in [0.05, 0.1) is 6.42 Å². The molecular weight excluding hydrogens is 316 g/mol. The lowest BCUT2D eigenvalue weighted by Crippen LogP contribution is -2.18. The van der Waals surface area contributed by atoms with Gasteiger partial charge in [0, 0.05) is 29.2 Å². The molecular formula is C12H13BrN2O4. The average molecular weight is 329 g/mol. The maximum Gasteiger partial charge on any atom is 0.303 e. The van der Waals surface area contributed by atoms with Gasteiger partial charge >= 0.3 is 5.97 Å². The van der Waals surface area contributed by atoms with Gasteiger partial charge in [-0.2, -0.15) is 0 Å². The molecule has 0 fully saturated rings. The first-order chi connectivity index (χ1) is 8.92. The lowest BCUT2D eigenvalue weighted by molar-refractivity contribution is -0.138. The van der Waals surface area contributed by atoms with Crippen LogP contribution in [0.15, 0.2) is 22.7 Å². The Balaban J connectivity index is 2.78. The first-order valence-corrected chi connectivity index (χ1v) is 6.26. The molecule has 0 heterocycles. The van der Waals surface area contributed by atoms with Crippen molar-refractivity contribution in [3.8, 4) is 0 Å². The van der Waals surface area contributed by atoms with Crippen LogP contribution in [0.3, 0.4) is 0 Å². The zero-order valence-corrected chi connectivity index (χ0v) is 11.8. The summed E-state index contributed by atoms with van der Waals surface area (Å²) in [5, 5.41) is 13.5. The fourth-order valence-corrected chi connectivity index (χ4v) is 1.87. The molecule has 102 valence electrons. The fourth-order valence-electron chi connectivity index (χ4n) is 1.38. The van der Waals surface area contributed by atoms with E-state index in [4.69, 9.17) is 5.11 Å². The summed E-state index contributed by atoms with van der Waals surface area (Å²) < 4.78 is 0.641. The van der Waals surface area contributed by atoms with Crippen molar-refractivity contribution in [2.45, 2.75) is 12.8 Å². The summed E-state index contributed by atoms with van der Waals surface area (Å²) in [6.07, 6.45) is -0.348. The zero-order valence-electron chi connectivity index (χ0n) is 10.2. The van der Waals surface area contributed by atoms with Gasteiger partial charge in [0.15, 0.2) is 0 Å². The molecule has 19 heavy (non-hydrogen) atoms. The molecule has 0 unspecified atom stereocenters. The lowest BCUT2D eigenvalue weighted by Gasteiger charge is -2.07. The zero-order chi connectivity index (χ0) is 14.4. The molecule has 0 aromatic heterocycles. The summed E-state index contributed by atoms with van der Waals surface area (Å²) in [6.45, 7) is 0. The van der Waals surface area contributed by atoms with Gasteiger partial charge in [-0.1, -0.05) is 15.9 Å². The lowest BCUT2D eigenvalue weighted by atomic mass is 10.2. The summed E-state index contributed by atoms with van der Waals surface area (Å²) in [4.78, 5) is 33.3. The van der Waals surface area contributed by atoms with Crippen molar-refractivity contribution >= 4 is 39.4 Å². The van der Waals surface area contributed by atoms with E-state index in [0.717, 1.165) is 0 Å². The van der Waals surface area contributed by atoms with Gasteiger partial charge in [0.25, 0.3) is 5.91 Å². The number of carbonyl (C=O) groups excluding carboxylic acids is 2. The van der Waals surface area contributed by atoms with Crippen molar-refractivity contribution in [2.75, 3.05) is 12.4 Å². The minimum absolute atomic E-state index is 0.114. The van der Waals surface area contributed by atoms with Gasteiger partial charge < -0.3 is 15.7 Å². The highest BCUT2D eigenvalue weighted by molar-refractivity contribution is 9.10. The highest BCUT2D eigenvalue weighted by atomic mass is 79.9. The maximum absolute atomic E-state index is 11.5. The number of rotatable bonds is 5. The van der Waals surface area contributed by atoms with Crippen molar-refractivity contribution < 1.29 is 19.5 Å². The van der Waals surface area contributed by atoms with E-state index < -0.39 is 11.9 Å². The summed E-state index contributed by atoms with van der Waals surface area (Å²) in [7, 11) is 1.51. The van der Waals surface area contributed by atoms with Gasteiger partial charge in [-0.05, 0) is 18.2 Å². The molecule has 1 aromatic carbocycles. The molecule has 0 bridgehead atoms. The SMILES string of the molecule is CNC(=O)c1cc(Br)cc(NC(=O)CCC(=O)O)c1. The van der Waals surface area contributed by atoms with E-state index >= 15 is 0 Å².